The van der Waals surface area contributed by atoms with Gasteiger partial charge >= 0.3 is 0 Å². The van der Waals surface area contributed by atoms with Gasteiger partial charge in [-0.2, -0.15) is 0 Å². The van der Waals surface area contributed by atoms with Crippen molar-refractivity contribution in [1.29, 1.82) is 0 Å². The SMILES string of the molecule is CCCCC/C=C/C/C=C/C/C=C/CCCCC[N+](=O)[O-]. The van der Waals surface area contributed by atoms with Gasteiger partial charge in [0.15, 0.2) is 0 Å². The largest absolute Gasteiger partial charge is 0.265 e. The molecule has 0 heterocycles. The molecule has 0 aliphatic heterocycles. The molecule has 0 saturated carbocycles. The van der Waals surface area contributed by atoms with E-state index in [-0.39, 0.29) is 11.5 Å². The van der Waals surface area contributed by atoms with Crippen LogP contribution < -0.4 is 0 Å². The zero-order valence-corrected chi connectivity index (χ0v) is 13.5. The van der Waals surface area contributed by atoms with Crippen LogP contribution in [0.4, 0.5) is 0 Å². The van der Waals surface area contributed by atoms with Crippen LogP contribution in [0.1, 0.15) is 71.1 Å². The van der Waals surface area contributed by atoms with Crippen molar-refractivity contribution in [2.45, 2.75) is 71.1 Å². The molecule has 3 nitrogen and oxygen atoms in total. The summed E-state index contributed by atoms with van der Waals surface area (Å²) >= 11 is 0. The molecule has 0 atom stereocenters. The van der Waals surface area contributed by atoms with Gasteiger partial charge < -0.3 is 0 Å². The molecule has 0 aromatic rings. The van der Waals surface area contributed by atoms with E-state index in [1.165, 1.54) is 25.7 Å². The topological polar surface area (TPSA) is 43.1 Å². The summed E-state index contributed by atoms with van der Waals surface area (Å²) in [5.74, 6) is 0. The first-order valence-corrected chi connectivity index (χ1v) is 8.34. The summed E-state index contributed by atoms with van der Waals surface area (Å²) in [5, 5.41) is 10.1. The molecule has 0 radical (unpaired) electrons. The summed E-state index contributed by atoms with van der Waals surface area (Å²) in [7, 11) is 0. The second-order valence-corrected chi connectivity index (χ2v) is 5.29. The van der Waals surface area contributed by atoms with Crippen LogP contribution in [-0.4, -0.2) is 11.5 Å². The van der Waals surface area contributed by atoms with Crippen LogP contribution >= 0.6 is 0 Å². The Morgan fingerprint density at radius 2 is 1.29 bits per heavy atom. The Balaban J connectivity index is 3.30. The van der Waals surface area contributed by atoms with E-state index in [2.05, 4.69) is 43.4 Å². The highest BCUT2D eigenvalue weighted by molar-refractivity contribution is 4.97. The maximum atomic E-state index is 10.1. The molecule has 3 heteroatoms. The number of allylic oxidation sites excluding steroid dienone is 6. The monoisotopic (exact) mass is 293 g/mol. The third-order valence-corrected chi connectivity index (χ3v) is 3.23. The van der Waals surface area contributed by atoms with Crippen molar-refractivity contribution >= 4 is 0 Å². The number of hydrogen-bond acceptors (Lipinski definition) is 2. The fraction of sp³-hybridized carbons (Fsp3) is 0.667. The Bertz CT molecular complexity index is 319. The van der Waals surface area contributed by atoms with Gasteiger partial charge in [0.1, 0.15) is 0 Å². The van der Waals surface area contributed by atoms with E-state index in [0.29, 0.717) is 6.42 Å². The van der Waals surface area contributed by atoms with Crippen LogP contribution in [0.5, 0.6) is 0 Å². The van der Waals surface area contributed by atoms with Crippen molar-refractivity contribution < 1.29 is 4.92 Å². The summed E-state index contributed by atoms with van der Waals surface area (Å²) < 4.78 is 0. The van der Waals surface area contributed by atoms with Crippen LogP contribution in [0.25, 0.3) is 0 Å². The van der Waals surface area contributed by atoms with Crippen molar-refractivity contribution in [2.24, 2.45) is 0 Å². The molecule has 0 aliphatic rings. The summed E-state index contributed by atoms with van der Waals surface area (Å²) in [6.07, 6.45) is 24.1. The number of hydrogen-bond donors (Lipinski definition) is 0. The lowest BCUT2D eigenvalue weighted by molar-refractivity contribution is -0.480. The molecule has 120 valence electrons. The van der Waals surface area contributed by atoms with Crippen molar-refractivity contribution in [3.63, 3.8) is 0 Å². The lowest BCUT2D eigenvalue weighted by Gasteiger charge is -1.93. The molecule has 0 fully saturated rings. The normalized spacial score (nSPS) is 12.0. The molecule has 0 unspecified atom stereocenters. The molecule has 0 saturated heterocycles. The lowest BCUT2D eigenvalue weighted by Crippen LogP contribution is -1.99. The molecule has 0 aromatic heterocycles. The van der Waals surface area contributed by atoms with Gasteiger partial charge in [0.25, 0.3) is 0 Å². The maximum absolute atomic E-state index is 10.1. The molecule has 0 N–H and O–H groups in total. The van der Waals surface area contributed by atoms with E-state index >= 15 is 0 Å². The molecule has 0 bridgehead atoms. The van der Waals surface area contributed by atoms with Gasteiger partial charge in [0.2, 0.25) is 6.54 Å². The second-order valence-electron chi connectivity index (χ2n) is 5.29. The first-order chi connectivity index (χ1) is 10.3. The summed E-state index contributed by atoms with van der Waals surface area (Å²) in [4.78, 5) is 9.89. The van der Waals surface area contributed by atoms with Crippen molar-refractivity contribution in [1.82, 2.24) is 0 Å². The van der Waals surface area contributed by atoms with Crippen LogP contribution in [0, 0.1) is 10.1 Å². The molecule has 0 aliphatic carbocycles. The fourth-order valence-electron chi connectivity index (χ4n) is 1.97. The minimum atomic E-state index is -0.237. The van der Waals surface area contributed by atoms with Gasteiger partial charge in [-0.25, -0.2) is 0 Å². The van der Waals surface area contributed by atoms with Crippen molar-refractivity contribution in [3.8, 4) is 0 Å². The molecule has 0 aromatic carbocycles. The number of nitrogens with zero attached hydrogens (tertiary/aromatic N) is 1. The molecule has 0 rings (SSSR count). The van der Waals surface area contributed by atoms with Gasteiger partial charge in [-0.1, -0.05) is 56.2 Å². The quantitative estimate of drug-likeness (QED) is 0.174. The maximum Gasteiger partial charge on any atom is 0.203 e. The molecular formula is C18H31NO2. The number of unbranched alkanes of at least 4 members (excludes halogenated alkanes) is 6. The Morgan fingerprint density at radius 3 is 1.81 bits per heavy atom. The second kappa shape index (κ2) is 16.7. The van der Waals surface area contributed by atoms with E-state index in [9.17, 15) is 10.1 Å². The zero-order valence-electron chi connectivity index (χ0n) is 13.5. The first-order valence-electron chi connectivity index (χ1n) is 8.34. The number of nitro groups is 1. The average Bonchev–Trinajstić information content (AvgIpc) is 2.46. The van der Waals surface area contributed by atoms with E-state index in [1.54, 1.807) is 0 Å². The Labute approximate surface area is 130 Å². The van der Waals surface area contributed by atoms with Crippen LogP contribution in [0.3, 0.4) is 0 Å². The van der Waals surface area contributed by atoms with Crippen LogP contribution in [0.15, 0.2) is 36.5 Å². The Hall–Kier alpha value is -1.38. The third kappa shape index (κ3) is 18.6. The summed E-state index contributed by atoms with van der Waals surface area (Å²) in [6, 6.07) is 0. The summed E-state index contributed by atoms with van der Waals surface area (Å²) in [5.41, 5.74) is 0. The van der Waals surface area contributed by atoms with E-state index < -0.39 is 0 Å². The van der Waals surface area contributed by atoms with Gasteiger partial charge in [0, 0.05) is 11.3 Å². The predicted octanol–water partition coefficient (Wildman–Crippen LogP) is 5.85. The van der Waals surface area contributed by atoms with Gasteiger partial charge in [-0.15, -0.1) is 0 Å². The van der Waals surface area contributed by atoms with E-state index in [4.69, 9.17) is 0 Å². The van der Waals surface area contributed by atoms with Crippen LogP contribution in [0.2, 0.25) is 0 Å². The third-order valence-electron chi connectivity index (χ3n) is 3.23. The molecule has 0 spiro atoms. The zero-order chi connectivity index (χ0) is 15.6. The van der Waals surface area contributed by atoms with E-state index in [0.717, 1.165) is 32.1 Å². The highest BCUT2D eigenvalue weighted by Crippen LogP contribution is 2.02. The fourth-order valence-corrected chi connectivity index (χ4v) is 1.97. The van der Waals surface area contributed by atoms with Gasteiger partial charge in [-0.3, -0.25) is 10.1 Å². The minimum Gasteiger partial charge on any atom is -0.265 e. The highest BCUT2D eigenvalue weighted by atomic mass is 16.6. The minimum absolute atomic E-state index is 0.110. The smallest absolute Gasteiger partial charge is 0.203 e. The Kier molecular flexibility index (Phi) is 15.6. The average molecular weight is 293 g/mol. The first kappa shape index (κ1) is 19.6. The van der Waals surface area contributed by atoms with Gasteiger partial charge in [-0.05, 0) is 44.9 Å². The molecule has 0 amide bonds. The van der Waals surface area contributed by atoms with Crippen molar-refractivity contribution in [3.05, 3.63) is 46.6 Å². The van der Waals surface area contributed by atoms with Crippen LogP contribution in [-0.2, 0) is 0 Å². The standard InChI is InChI=1S/C18H31NO2/c1-2-3-4-5-6-7-8-9-10-11-12-13-14-15-16-17-18-19(20)21/h6-7,9-10,12-13H,2-5,8,11,14-18H2,1H3/b7-6+,10-9+,13-12+. The Morgan fingerprint density at radius 1 is 0.762 bits per heavy atom. The highest BCUT2D eigenvalue weighted by Gasteiger charge is 1.94. The summed E-state index contributed by atoms with van der Waals surface area (Å²) in [6.45, 7) is 2.34. The van der Waals surface area contributed by atoms with Crippen molar-refractivity contribution in [2.75, 3.05) is 6.54 Å². The lowest BCUT2D eigenvalue weighted by atomic mass is 10.2. The van der Waals surface area contributed by atoms with E-state index in [1.807, 2.05) is 0 Å². The predicted molar refractivity (Wildman–Crippen MR) is 91.1 cm³/mol. The van der Waals surface area contributed by atoms with Gasteiger partial charge in [0.05, 0.1) is 0 Å². The number of rotatable bonds is 14. The molecule has 21 heavy (non-hydrogen) atoms. The molecular weight excluding hydrogens is 262 g/mol.